The fourth-order valence-electron chi connectivity index (χ4n) is 1.47. The Morgan fingerprint density at radius 2 is 1.73 bits per heavy atom. The van der Waals surface area contributed by atoms with Crippen LogP contribution in [0.2, 0.25) is 15.1 Å². The van der Waals surface area contributed by atoms with Crippen molar-refractivity contribution in [2.75, 3.05) is 5.43 Å². The summed E-state index contributed by atoms with van der Waals surface area (Å²) in [5, 5.41) is 4.36. The summed E-state index contributed by atoms with van der Waals surface area (Å²) < 4.78 is 37.5. The molecule has 0 radical (unpaired) electrons. The number of pyridine rings is 1. The molecule has 3 nitrogen and oxygen atoms in total. The Morgan fingerprint density at radius 3 is 2.27 bits per heavy atom. The fraction of sp³-hybridized carbons (Fsp3) is 0.0769. The summed E-state index contributed by atoms with van der Waals surface area (Å²) in [6.45, 7) is 0. The van der Waals surface area contributed by atoms with Gasteiger partial charge in [0.05, 0.1) is 26.8 Å². The van der Waals surface area contributed by atoms with Crippen LogP contribution >= 0.6 is 34.8 Å². The number of aromatic nitrogens is 1. The summed E-state index contributed by atoms with van der Waals surface area (Å²) in [5.74, 6) is -0.0194. The van der Waals surface area contributed by atoms with E-state index in [1.54, 1.807) is 18.2 Å². The molecular weight excluding hydrogens is 362 g/mol. The number of anilines is 1. The first-order valence-electron chi connectivity index (χ1n) is 5.75. The van der Waals surface area contributed by atoms with E-state index in [-0.39, 0.29) is 10.8 Å². The first-order chi connectivity index (χ1) is 10.3. The van der Waals surface area contributed by atoms with Gasteiger partial charge in [0.1, 0.15) is 0 Å². The van der Waals surface area contributed by atoms with Crippen molar-refractivity contribution in [3.63, 3.8) is 0 Å². The second-order valence-corrected chi connectivity index (χ2v) is 5.28. The number of rotatable bonds is 3. The van der Waals surface area contributed by atoms with E-state index in [0.29, 0.717) is 21.8 Å². The number of alkyl halides is 3. The molecule has 9 heteroatoms. The molecule has 0 aliphatic heterocycles. The van der Waals surface area contributed by atoms with E-state index in [1.807, 2.05) is 0 Å². The third-order valence-corrected chi connectivity index (χ3v) is 3.48. The second kappa shape index (κ2) is 6.73. The summed E-state index contributed by atoms with van der Waals surface area (Å²) in [6.07, 6.45) is -2.53. The molecule has 0 aliphatic carbocycles. The van der Waals surface area contributed by atoms with Crippen LogP contribution in [0.15, 0.2) is 35.6 Å². The molecule has 1 heterocycles. The van der Waals surface area contributed by atoms with Gasteiger partial charge in [-0.05, 0) is 18.2 Å². The first kappa shape index (κ1) is 16.9. The van der Waals surface area contributed by atoms with Crippen LogP contribution in [0.25, 0.3) is 0 Å². The SMILES string of the molecule is FC(F)(F)c1cnc(N/N=C/c2c(Cl)cccc2Cl)c(Cl)c1. The largest absolute Gasteiger partial charge is 0.417 e. The van der Waals surface area contributed by atoms with Gasteiger partial charge in [0, 0.05) is 11.8 Å². The highest BCUT2D eigenvalue weighted by Gasteiger charge is 2.31. The van der Waals surface area contributed by atoms with Crippen molar-refractivity contribution in [3.05, 3.63) is 56.7 Å². The Bertz CT molecular complexity index is 697. The smallest absolute Gasteiger partial charge is 0.260 e. The lowest BCUT2D eigenvalue weighted by Crippen LogP contribution is -2.06. The van der Waals surface area contributed by atoms with Gasteiger partial charge in [-0.3, -0.25) is 5.43 Å². The van der Waals surface area contributed by atoms with Crippen LogP contribution in [-0.4, -0.2) is 11.2 Å². The van der Waals surface area contributed by atoms with E-state index in [0.717, 1.165) is 6.07 Å². The Labute approximate surface area is 138 Å². The summed E-state index contributed by atoms with van der Waals surface area (Å²) in [6, 6.07) is 5.68. The Hall–Kier alpha value is -1.50. The summed E-state index contributed by atoms with van der Waals surface area (Å²) in [5.41, 5.74) is 1.95. The van der Waals surface area contributed by atoms with Gasteiger partial charge in [0.15, 0.2) is 5.82 Å². The minimum atomic E-state index is -4.51. The van der Waals surface area contributed by atoms with Crippen LogP contribution in [0.3, 0.4) is 0 Å². The Balaban J connectivity index is 2.17. The molecule has 1 aromatic heterocycles. The van der Waals surface area contributed by atoms with Gasteiger partial charge < -0.3 is 0 Å². The number of halogens is 6. The van der Waals surface area contributed by atoms with Gasteiger partial charge >= 0.3 is 6.18 Å². The molecule has 0 atom stereocenters. The molecule has 0 fully saturated rings. The molecule has 0 bridgehead atoms. The van der Waals surface area contributed by atoms with Gasteiger partial charge in [-0.1, -0.05) is 40.9 Å². The van der Waals surface area contributed by atoms with Crippen molar-refractivity contribution in [1.82, 2.24) is 4.98 Å². The zero-order valence-electron chi connectivity index (χ0n) is 10.6. The predicted octanol–water partition coefficient (Wildman–Crippen LogP) is 5.51. The molecule has 2 rings (SSSR count). The van der Waals surface area contributed by atoms with Crippen LogP contribution in [0.1, 0.15) is 11.1 Å². The fourth-order valence-corrected chi connectivity index (χ4v) is 2.17. The zero-order chi connectivity index (χ0) is 16.3. The lowest BCUT2D eigenvalue weighted by molar-refractivity contribution is -0.137. The maximum Gasteiger partial charge on any atom is 0.417 e. The third-order valence-electron chi connectivity index (χ3n) is 2.53. The van der Waals surface area contributed by atoms with Crippen LogP contribution in [0.5, 0.6) is 0 Å². The molecule has 1 N–H and O–H groups in total. The van der Waals surface area contributed by atoms with Gasteiger partial charge in [-0.2, -0.15) is 18.3 Å². The van der Waals surface area contributed by atoms with Crippen LogP contribution in [0.4, 0.5) is 19.0 Å². The molecule has 2 aromatic rings. The summed E-state index contributed by atoms with van der Waals surface area (Å²) in [7, 11) is 0. The third kappa shape index (κ3) is 4.03. The van der Waals surface area contributed by atoms with Crippen molar-refractivity contribution in [3.8, 4) is 0 Å². The lowest BCUT2D eigenvalue weighted by atomic mass is 10.2. The van der Waals surface area contributed by atoms with Crippen molar-refractivity contribution in [2.24, 2.45) is 5.10 Å². The van der Waals surface area contributed by atoms with Gasteiger partial charge in [-0.25, -0.2) is 4.98 Å². The molecule has 22 heavy (non-hydrogen) atoms. The molecule has 116 valence electrons. The Morgan fingerprint density at radius 1 is 1.09 bits per heavy atom. The number of hydrogen-bond donors (Lipinski definition) is 1. The number of benzene rings is 1. The number of hydrazone groups is 1. The summed E-state index contributed by atoms with van der Waals surface area (Å²) in [4.78, 5) is 3.58. The second-order valence-electron chi connectivity index (χ2n) is 4.06. The average Bonchev–Trinajstić information content (AvgIpc) is 2.42. The van der Waals surface area contributed by atoms with E-state index in [4.69, 9.17) is 34.8 Å². The topological polar surface area (TPSA) is 37.3 Å². The molecule has 0 aliphatic rings. The predicted molar refractivity (Wildman–Crippen MR) is 81.9 cm³/mol. The van der Waals surface area contributed by atoms with E-state index in [9.17, 15) is 13.2 Å². The zero-order valence-corrected chi connectivity index (χ0v) is 12.9. The molecule has 1 aromatic carbocycles. The van der Waals surface area contributed by atoms with Crippen molar-refractivity contribution < 1.29 is 13.2 Å². The summed E-state index contributed by atoms with van der Waals surface area (Å²) >= 11 is 17.6. The molecule has 0 saturated heterocycles. The molecule has 0 spiro atoms. The number of nitrogens with zero attached hydrogens (tertiary/aromatic N) is 2. The maximum absolute atomic E-state index is 12.5. The van der Waals surface area contributed by atoms with E-state index < -0.39 is 11.7 Å². The van der Waals surface area contributed by atoms with E-state index in [1.165, 1.54) is 6.21 Å². The van der Waals surface area contributed by atoms with Crippen LogP contribution in [0, 0.1) is 0 Å². The molecule has 0 unspecified atom stereocenters. The quantitative estimate of drug-likeness (QED) is 0.573. The van der Waals surface area contributed by atoms with Crippen molar-refractivity contribution in [2.45, 2.75) is 6.18 Å². The highest BCUT2D eigenvalue weighted by atomic mass is 35.5. The van der Waals surface area contributed by atoms with E-state index >= 15 is 0 Å². The van der Waals surface area contributed by atoms with Gasteiger partial charge in [0.25, 0.3) is 0 Å². The van der Waals surface area contributed by atoms with Crippen molar-refractivity contribution >= 4 is 46.8 Å². The Kier molecular flexibility index (Phi) is 5.16. The lowest BCUT2D eigenvalue weighted by Gasteiger charge is -2.08. The highest BCUT2D eigenvalue weighted by Crippen LogP contribution is 2.32. The van der Waals surface area contributed by atoms with Crippen LogP contribution < -0.4 is 5.43 Å². The van der Waals surface area contributed by atoms with E-state index in [2.05, 4.69) is 15.5 Å². The van der Waals surface area contributed by atoms with Gasteiger partial charge in [-0.15, -0.1) is 0 Å². The maximum atomic E-state index is 12.5. The van der Waals surface area contributed by atoms with Gasteiger partial charge in [0.2, 0.25) is 0 Å². The van der Waals surface area contributed by atoms with Crippen molar-refractivity contribution in [1.29, 1.82) is 0 Å². The number of hydrogen-bond acceptors (Lipinski definition) is 3. The highest BCUT2D eigenvalue weighted by molar-refractivity contribution is 6.38. The monoisotopic (exact) mass is 367 g/mol. The average molecular weight is 369 g/mol. The minimum absolute atomic E-state index is 0.0194. The molecular formula is C13H7Cl3F3N3. The van der Waals surface area contributed by atoms with Crippen LogP contribution in [-0.2, 0) is 6.18 Å². The normalized spacial score (nSPS) is 11.9. The first-order valence-corrected chi connectivity index (χ1v) is 6.88. The standard InChI is InChI=1S/C13H7Cl3F3N3/c14-9-2-1-3-10(15)8(9)6-21-22-12-11(16)4-7(5-20-12)13(17,18)19/h1-6H,(H,20,22)/b21-6+. The number of nitrogens with one attached hydrogen (secondary N) is 1. The minimum Gasteiger partial charge on any atom is -0.260 e. The molecule has 0 amide bonds. The molecule has 0 saturated carbocycles.